The van der Waals surface area contributed by atoms with E-state index in [1.54, 1.807) is 146 Å². The van der Waals surface area contributed by atoms with Crippen molar-refractivity contribution in [2.45, 2.75) is 45.3 Å². The average molecular weight is 773 g/mol. The minimum absolute atomic E-state index is 0.00280. The molecule has 4 aromatic rings. The van der Waals surface area contributed by atoms with Crippen molar-refractivity contribution in [3.63, 3.8) is 0 Å². The molecule has 0 aromatic heterocycles. The van der Waals surface area contributed by atoms with Crippen LogP contribution < -0.4 is 0 Å². The topological polar surface area (TPSA) is 137 Å². The molecule has 0 fully saturated rings. The van der Waals surface area contributed by atoms with E-state index in [1.807, 2.05) is 0 Å². The van der Waals surface area contributed by atoms with E-state index < -0.39 is 39.3 Å². The Morgan fingerprint density at radius 2 is 0.577 bits per heavy atom. The van der Waals surface area contributed by atoms with Gasteiger partial charge in [0.15, 0.2) is 0 Å². The molecule has 0 bridgehead atoms. The smallest absolute Gasteiger partial charge is 0.202 e. The fraction of sp³-hybridized carbons (Fsp3) is 0.200. The summed E-state index contributed by atoms with van der Waals surface area (Å²) >= 11 is 0. The van der Waals surface area contributed by atoms with Crippen LogP contribution in [0.3, 0.4) is 0 Å². The van der Waals surface area contributed by atoms with Gasteiger partial charge in [-0.15, -0.1) is 0 Å². The van der Waals surface area contributed by atoms with Crippen LogP contribution in [-0.2, 0) is 39.3 Å². The van der Waals surface area contributed by atoms with Gasteiger partial charge in [-0.3, -0.25) is 0 Å². The maximum atomic E-state index is 12.8. The molecule has 2 unspecified atom stereocenters. The molecule has 0 saturated heterocycles. The van der Waals surface area contributed by atoms with E-state index in [4.69, 9.17) is 0 Å². The Labute approximate surface area is 305 Å². The van der Waals surface area contributed by atoms with Crippen molar-refractivity contribution in [2.75, 3.05) is 0 Å². The first-order chi connectivity index (χ1) is 24.8. The average Bonchev–Trinajstić information content (AvgIpc) is 3.95. The number of benzene rings is 4. The van der Waals surface area contributed by atoms with Crippen LogP contribution in [-0.4, -0.2) is 33.7 Å². The highest BCUT2D eigenvalue weighted by atomic mass is 32.2. The number of allylic oxidation sites excluding steroid dienone is 8. The van der Waals surface area contributed by atoms with Crippen LogP contribution in [0.25, 0.3) is 0 Å². The van der Waals surface area contributed by atoms with Gasteiger partial charge >= 0.3 is 0 Å². The largest absolute Gasteiger partial charge is 0.219 e. The first-order valence-corrected chi connectivity index (χ1v) is 22.7. The van der Waals surface area contributed by atoms with Crippen LogP contribution in [0.4, 0.5) is 0 Å². The third-order valence-corrected chi connectivity index (χ3v) is 17.6. The summed E-state index contributed by atoms with van der Waals surface area (Å²) in [5.41, 5.74) is 0. The lowest BCUT2D eigenvalue weighted by Gasteiger charge is -2.10. The second kappa shape index (κ2) is 13.9. The second-order valence-corrected chi connectivity index (χ2v) is 21.3. The van der Waals surface area contributed by atoms with Gasteiger partial charge in [-0.25, -0.2) is 33.7 Å². The van der Waals surface area contributed by atoms with Crippen molar-refractivity contribution in [3.8, 4) is 0 Å². The van der Waals surface area contributed by atoms with Gasteiger partial charge < -0.3 is 0 Å². The molecule has 0 amide bonds. The van der Waals surface area contributed by atoms with Crippen molar-refractivity contribution >= 4 is 39.3 Å². The SMILES string of the molecule is O=S(=O)(C1=CC2C=C(S(=O)(=O)c3ccccc3)CC2C1)c1ccccc1.O=S(=O)(C1=CC2CC(S(=O)(=O)c3ccccc3)=CC2C1)c1ccccc1. The Morgan fingerprint density at radius 3 is 0.827 bits per heavy atom. The minimum Gasteiger partial charge on any atom is -0.219 e. The van der Waals surface area contributed by atoms with Gasteiger partial charge in [0.25, 0.3) is 0 Å². The lowest BCUT2D eigenvalue weighted by molar-refractivity contribution is 0.518. The van der Waals surface area contributed by atoms with Gasteiger partial charge in [0.1, 0.15) is 0 Å². The maximum absolute atomic E-state index is 12.8. The van der Waals surface area contributed by atoms with Crippen molar-refractivity contribution in [2.24, 2.45) is 23.7 Å². The first-order valence-electron chi connectivity index (χ1n) is 16.8. The summed E-state index contributed by atoms with van der Waals surface area (Å²) in [5, 5.41) is 0. The molecule has 4 aromatic carbocycles. The van der Waals surface area contributed by atoms with Crippen LogP contribution in [0.2, 0.25) is 0 Å². The van der Waals surface area contributed by atoms with Crippen molar-refractivity contribution in [1.29, 1.82) is 0 Å². The van der Waals surface area contributed by atoms with Crippen LogP contribution in [0, 0.1) is 23.7 Å². The minimum atomic E-state index is -3.50. The monoisotopic (exact) mass is 772 g/mol. The molecule has 0 aliphatic heterocycles. The van der Waals surface area contributed by atoms with E-state index in [-0.39, 0.29) is 43.3 Å². The summed E-state index contributed by atoms with van der Waals surface area (Å²) in [6.45, 7) is 0. The van der Waals surface area contributed by atoms with E-state index in [9.17, 15) is 33.7 Å². The quantitative estimate of drug-likeness (QED) is 0.180. The molecular weight excluding hydrogens is 737 g/mol. The molecular formula is C40H36O8S4. The third kappa shape index (κ3) is 6.80. The predicted molar refractivity (Wildman–Crippen MR) is 199 cm³/mol. The number of sulfone groups is 4. The Bertz CT molecular complexity index is 2380. The normalized spacial score (nSPS) is 22.6. The third-order valence-electron chi connectivity index (χ3n) is 10.0. The molecule has 0 radical (unpaired) electrons. The number of rotatable bonds is 8. The highest BCUT2D eigenvalue weighted by molar-refractivity contribution is 7.96. The standard InChI is InChI=1S/2C20H18O4S2/c2*21-25(22,17-7-3-1-4-8-17)19-11-15-13-20(14-16(15)12-19)26(23,24)18-9-5-2-6-10-18/h1-11,14-16H,12-13H2;1-11,13,15-16H,12,14H2. The zero-order valence-electron chi connectivity index (χ0n) is 27.9. The molecule has 0 heterocycles. The summed E-state index contributed by atoms with van der Waals surface area (Å²) in [5.74, 6) is -0.289. The van der Waals surface area contributed by atoms with Gasteiger partial charge in [-0.05, 0) is 92.0 Å². The number of hydrogen-bond acceptors (Lipinski definition) is 8. The van der Waals surface area contributed by atoms with E-state index in [0.717, 1.165) is 0 Å². The van der Waals surface area contributed by atoms with Crippen LogP contribution in [0.5, 0.6) is 0 Å². The lowest BCUT2D eigenvalue weighted by atomic mass is 10.00. The zero-order chi connectivity index (χ0) is 36.7. The van der Waals surface area contributed by atoms with Crippen molar-refractivity contribution in [1.82, 2.24) is 0 Å². The molecule has 2 atom stereocenters. The van der Waals surface area contributed by atoms with Gasteiger partial charge in [0.2, 0.25) is 39.3 Å². The van der Waals surface area contributed by atoms with E-state index in [1.165, 1.54) is 0 Å². The maximum Gasteiger partial charge on any atom is 0.202 e. The molecule has 0 N–H and O–H groups in total. The summed E-state index contributed by atoms with van der Waals surface area (Å²) in [6, 6.07) is 33.4. The molecule has 52 heavy (non-hydrogen) atoms. The lowest BCUT2D eigenvalue weighted by Crippen LogP contribution is -2.07. The second-order valence-electron chi connectivity index (χ2n) is 13.3. The molecule has 268 valence electrons. The summed E-state index contributed by atoms with van der Waals surface area (Å²) in [7, 11) is -14.0. The predicted octanol–water partition coefficient (Wildman–Crippen LogP) is 7.48. The van der Waals surface area contributed by atoms with Crippen molar-refractivity contribution < 1.29 is 33.7 Å². The fourth-order valence-electron chi connectivity index (χ4n) is 7.29. The highest BCUT2D eigenvalue weighted by Gasteiger charge is 2.41. The molecule has 8 rings (SSSR count). The van der Waals surface area contributed by atoms with Crippen LogP contribution in [0.15, 0.2) is 185 Å². The van der Waals surface area contributed by atoms with Crippen molar-refractivity contribution in [3.05, 3.63) is 165 Å². The van der Waals surface area contributed by atoms with E-state index in [0.29, 0.717) is 45.3 Å². The molecule has 4 aliphatic carbocycles. The van der Waals surface area contributed by atoms with Crippen LogP contribution in [0.1, 0.15) is 25.7 Å². The number of fused-ring (bicyclic) bond motifs is 2. The van der Waals surface area contributed by atoms with Gasteiger partial charge in [0.05, 0.1) is 19.6 Å². The van der Waals surface area contributed by atoms with Gasteiger partial charge in [-0.2, -0.15) is 0 Å². The van der Waals surface area contributed by atoms with E-state index >= 15 is 0 Å². The Hall–Kier alpha value is -4.36. The van der Waals surface area contributed by atoms with Gasteiger partial charge in [0, 0.05) is 25.5 Å². The molecule has 12 heteroatoms. The molecule has 4 aliphatic rings. The Balaban J connectivity index is 0.000000162. The number of hydrogen-bond donors (Lipinski definition) is 0. The van der Waals surface area contributed by atoms with Gasteiger partial charge in [-0.1, -0.05) is 97.1 Å². The first kappa shape index (κ1) is 36.0. The summed E-state index contributed by atoms with van der Waals surface area (Å²) in [4.78, 5) is 2.72. The summed E-state index contributed by atoms with van der Waals surface area (Å²) < 4.78 is 102. The highest BCUT2D eigenvalue weighted by Crippen LogP contribution is 2.48. The van der Waals surface area contributed by atoms with Crippen LogP contribution >= 0.6 is 0 Å². The van der Waals surface area contributed by atoms with E-state index in [2.05, 4.69) is 0 Å². The fourth-order valence-corrected chi connectivity index (χ4v) is 13.6. The Kier molecular flexibility index (Phi) is 9.62. The molecule has 8 nitrogen and oxygen atoms in total. The Morgan fingerprint density at radius 1 is 0.327 bits per heavy atom. The zero-order valence-corrected chi connectivity index (χ0v) is 31.2. The summed E-state index contributed by atoms with van der Waals surface area (Å²) in [6.07, 6.45) is 8.42. The molecule has 0 saturated carbocycles. The molecule has 0 spiro atoms.